The van der Waals surface area contributed by atoms with Gasteiger partial charge in [0, 0.05) is 18.3 Å². The second-order valence-corrected chi connectivity index (χ2v) is 6.92. The maximum absolute atomic E-state index is 12.6. The molecular formula is C24H22N6O2. The predicted octanol–water partition coefficient (Wildman–Crippen LogP) is 3.33. The molecule has 2 N–H and O–H groups in total. The number of benzene rings is 2. The van der Waals surface area contributed by atoms with Crippen molar-refractivity contribution in [1.29, 1.82) is 0 Å². The smallest absolute Gasteiger partial charge is 0.216 e. The van der Waals surface area contributed by atoms with Crippen molar-refractivity contribution in [1.82, 2.24) is 19.6 Å². The third-order valence-electron chi connectivity index (χ3n) is 4.80. The van der Waals surface area contributed by atoms with E-state index >= 15 is 0 Å². The average Bonchev–Trinajstić information content (AvgIpc) is 3.29. The summed E-state index contributed by atoms with van der Waals surface area (Å²) in [6, 6.07) is 18.4. The zero-order valence-corrected chi connectivity index (χ0v) is 17.7. The first-order chi connectivity index (χ1) is 15.6. The number of allylic oxidation sites excluding steroid dienone is 1. The monoisotopic (exact) mass is 426 g/mol. The normalized spacial score (nSPS) is 11.8. The molecule has 0 fully saturated rings. The van der Waals surface area contributed by atoms with E-state index in [1.807, 2.05) is 55.5 Å². The van der Waals surface area contributed by atoms with Crippen LogP contribution in [-0.4, -0.2) is 32.4 Å². The summed E-state index contributed by atoms with van der Waals surface area (Å²) in [4.78, 5) is 17.2. The number of para-hydroxylation sites is 1. The molecule has 2 aromatic heterocycles. The fourth-order valence-electron chi connectivity index (χ4n) is 3.29. The van der Waals surface area contributed by atoms with Crippen molar-refractivity contribution in [2.75, 3.05) is 7.11 Å². The number of aryl methyl sites for hydroxylation is 1. The molecule has 4 rings (SSSR count). The lowest BCUT2D eigenvalue weighted by Crippen LogP contribution is -2.20. The summed E-state index contributed by atoms with van der Waals surface area (Å²) in [5.74, 6) is 0.635. The lowest BCUT2D eigenvalue weighted by molar-refractivity contribution is 0.383. The van der Waals surface area contributed by atoms with Gasteiger partial charge in [-0.3, -0.25) is 4.79 Å². The molecule has 0 radical (unpaired) electrons. The molecule has 4 aromatic rings. The molecule has 0 amide bonds. The first-order valence-corrected chi connectivity index (χ1v) is 9.92. The van der Waals surface area contributed by atoms with Gasteiger partial charge in [-0.25, -0.2) is 14.4 Å². The first-order valence-electron chi connectivity index (χ1n) is 9.92. The van der Waals surface area contributed by atoms with Gasteiger partial charge in [-0.15, -0.1) is 0 Å². The van der Waals surface area contributed by atoms with E-state index in [-0.39, 0.29) is 11.1 Å². The van der Waals surface area contributed by atoms with E-state index < -0.39 is 0 Å². The number of aliphatic imine (C=N–C) groups is 1. The Labute approximate surface area is 184 Å². The van der Waals surface area contributed by atoms with Gasteiger partial charge >= 0.3 is 0 Å². The maximum atomic E-state index is 12.6. The zero-order chi connectivity index (χ0) is 22.5. The van der Waals surface area contributed by atoms with Crippen molar-refractivity contribution >= 4 is 11.4 Å². The second-order valence-electron chi connectivity index (χ2n) is 6.92. The van der Waals surface area contributed by atoms with Crippen LogP contribution in [0.15, 0.2) is 95.1 Å². The Kier molecular flexibility index (Phi) is 5.94. The predicted molar refractivity (Wildman–Crippen MR) is 124 cm³/mol. The third-order valence-corrected chi connectivity index (χ3v) is 4.80. The van der Waals surface area contributed by atoms with Crippen molar-refractivity contribution in [3.8, 4) is 17.3 Å². The quantitative estimate of drug-likeness (QED) is 0.477. The van der Waals surface area contributed by atoms with Crippen LogP contribution >= 0.6 is 0 Å². The van der Waals surface area contributed by atoms with Gasteiger partial charge in [-0.2, -0.15) is 10.2 Å². The summed E-state index contributed by atoms with van der Waals surface area (Å²) in [6.45, 7) is 1.97. The molecule has 0 bridgehead atoms. The van der Waals surface area contributed by atoms with Gasteiger partial charge in [0.15, 0.2) is 5.69 Å². The lowest BCUT2D eigenvalue weighted by atomic mass is 10.1. The molecule has 8 heteroatoms. The van der Waals surface area contributed by atoms with Crippen LogP contribution in [0, 0.1) is 6.92 Å². The van der Waals surface area contributed by atoms with Crippen molar-refractivity contribution in [2.45, 2.75) is 6.92 Å². The van der Waals surface area contributed by atoms with Crippen LogP contribution in [0.5, 0.6) is 5.88 Å². The molecule has 2 heterocycles. The van der Waals surface area contributed by atoms with E-state index in [9.17, 15) is 4.79 Å². The summed E-state index contributed by atoms with van der Waals surface area (Å²) < 4.78 is 8.70. The van der Waals surface area contributed by atoms with Crippen molar-refractivity contribution in [3.05, 3.63) is 107 Å². The van der Waals surface area contributed by atoms with Crippen molar-refractivity contribution < 1.29 is 4.74 Å². The average molecular weight is 426 g/mol. The van der Waals surface area contributed by atoms with E-state index in [0.717, 1.165) is 16.9 Å². The van der Waals surface area contributed by atoms with Gasteiger partial charge in [0.2, 0.25) is 11.3 Å². The van der Waals surface area contributed by atoms with Crippen LogP contribution in [-0.2, 0) is 0 Å². The highest BCUT2D eigenvalue weighted by Gasteiger charge is 2.12. The number of hydrogen-bond donors (Lipinski definition) is 1. The van der Waals surface area contributed by atoms with Crippen LogP contribution in [0.1, 0.15) is 11.3 Å². The Bertz CT molecular complexity index is 1350. The van der Waals surface area contributed by atoms with Crippen molar-refractivity contribution in [3.63, 3.8) is 0 Å². The Hall–Kier alpha value is -4.46. The van der Waals surface area contributed by atoms with E-state index in [4.69, 9.17) is 10.5 Å². The van der Waals surface area contributed by atoms with Crippen LogP contribution in [0.3, 0.4) is 0 Å². The second kappa shape index (κ2) is 9.13. The van der Waals surface area contributed by atoms with Gasteiger partial charge in [-0.05, 0) is 55.1 Å². The topological polar surface area (TPSA) is 100 Å². The van der Waals surface area contributed by atoms with Crippen LogP contribution in [0.25, 0.3) is 11.4 Å². The maximum Gasteiger partial charge on any atom is 0.216 e. The van der Waals surface area contributed by atoms with E-state index in [2.05, 4.69) is 15.2 Å². The number of aromatic nitrogens is 4. The number of nitrogens with two attached hydrogens (primary N) is 1. The molecule has 2 aromatic carbocycles. The zero-order valence-electron chi connectivity index (χ0n) is 17.7. The number of rotatable bonds is 6. The number of methoxy groups -OCH3 is 1. The molecule has 0 saturated heterocycles. The minimum Gasteiger partial charge on any atom is -0.481 e. The number of ether oxygens (including phenoxy) is 1. The number of nitrogens with zero attached hydrogens (tertiary/aromatic N) is 5. The molecule has 0 spiro atoms. The van der Waals surface area contributed by atoms with Gasteiger partial charge in [0.1, 0.15) is 0 Å². The molecule has 8 nitrogen and oxygen atoms in total. The molecule has 0 aliphatic carbocycles. The minimum absolute atomic E-state index is 0.204. The fourth-order valence-corrected chi connectivity index (χ4v) is 3.29. The van der Waals surface area contributed by atoms with Crippen molar-refractivity contribution in [2.24, 2.45) is 10.7 Å². The standard InChI is InChI=1S/C24H22N6O2/c1-17-16-19(30-23(32-2)11-14-26-30)8-9-21(17)29-15-12-22(31)24(28-29)20(10-13-25)27-18-6-4-3-5-7-18/h3-16H,25H2,1-2H3. The molecule has 160 valence electrons. The summed E-state index contributed by atoms with van der Waals surface area (Å²) in [6.07, 6.45) is 6.23. The van der Waals surface area contributed by atoms with Gasteiger partial charge in [0.05, 0.1) is 36.1 Å². The first kappa shape index (κ1) is 20.8. The van der Waals surface area contributed by atoms with E-state index in [1.54, 1.807) is 41.0 Å². The third kappa shape index (κ3) is 4.20. The Morgan fingerprint density at radius 3 is 2.66 bits per heavy atom. The highest BCUT2D eigenvalue weighted by atomic mass is 16.5. The van der Waals surface area contributed by atoms with E-state index in [0.29, 0.717) is 17.3 Å². The highest BCUT2D eigenvalue weighted by molar-refractivity contribution is 6.08. The van der Waals surface area contributed by atoms with Crippen LogP contribution in [0.2, 0.25) is 0 Å². The summed E-state index contributed by atoms with van der Waals surface area (Å²) >= 11 is 0. The molecular weight excluding hydrogens is 404 g/mol. The summed E-state index contributed by atoms with van der Waals surface area (Å²) in [5.41, 5.74) is 9.27. The summed E-state index contributed by atoms with van der Waals surface area (Å²) in [5, 5.41) is 8.87. The van der Waals surface area contributed by atoms with E-state index in [1.165, 1.54) is 12.3 Å². The van der Waals surface area contributed by atoms with Crippen LogP contribution in [0.4, 0.5) is 5.69 Å². The van der Waals surface area contributed by atoms with Gasteiger partial charge in [-0.1, -0.05) is 18.2 Å². The number of hydrogen-bond acceptors (Lipinski definition) is 6. The molecule has 0 unspecified atom stereocenters. The minimum atomic E-state index is -0.246. The highest BCUT2D eigenvalue weighted by Crippen LogP contribution is 2.21. The SMILES string of the molecule is COc1ccnn1-c1ccc(-n2ccc(=O)c(C(C=CN)=Nc3ccccc3)n2)c(C)c1. The Balaban J connectivity index is 1.77. The molecule has 0 saturated carbocycles. The Morgan fingerprint density at radius 2 is 1.94 bits per heavy atom. The van der Waals surface area contributed by atoms with Crippen LogP contribution < -0.4 is 15.9 Å². The largest absolute Gasteiger partial charge is 0.481 e. The van der Waals surface area contributed by atoms with Gasteiger partial charge in [0.25, 0.3) is 0 Å². The lowest BCUT2D eigenvalue weighted by Gasteiger charge is -2.13. The summed E-state index contributed by atoms with van der Waals surface area (Å²) in [7, 11) is 1.60. The molecule has 0 aliphatic heterocycles. The fraction of sp³-hybridized carbons (Fsp3) is 0.0833. The van der Waals surface area contributed by atoms with Gasteiger partial charge < -0.3 is 10.5 Å². The Morgan fingerprint density at radius 1 is 1.12 bits per heavy atom. The molecule has 32 heavy (non-hydrogen) atoms. The molecule has 0 aliphatic rings. The molecule has 0 atom stereocenters.